The van der Waals surface area contributed by atoms with Gasteiger partial charge in [0.2, 0.25) is 0 Å². The van der Waals surface area contributed by atoms with Crippen LogP contribution in [-0.4, -0.2) is 0 Å². The van der Waals surface area contributed by atoms with E-state index in [2.05, 4.69) is 53.2 Å². The second kappa shape index (κ2) is 4.04. The fourth-order valence-electron chi connectivity index (χ4n) is 2.09. The summed E-state index contributed by atoms with van der Waals surface area (Å²) in [5, 5.41) is 1.15. The first-order valence-corrected chi connectivity index (χ1v) is 6.28. The Balaban J connectivity index is 2.31. The zero-order valence-corrected chi connectivity index (χ0v) is 11.0. The van der Waals surface area contributed by atoms with Crippen molar-refractivity contribution in [3.8, 4) is 11.1 Å². The molecule has 0 saturated carbocycles. The molecule has 0 aliphatic heterocycles. The Morgan fingerprint density at radius 3 is 2.65 bits per heavy atom. The topological polar surface area (TPSA) is 13.1 Å². The lowest BCUT2D eigenvalue weighted by Gasteiger charge is -2.03. The number of aryl methyl sites for hydroxylation is 1. The molecule has 1 nitrogen and oxygen atoms in total. The van der Waals surface area contributed by atoms with Crippen LogP contribution in [0.4, 0.5) is 0 Å². The molecule has 0 atom stereocenters. The summed E-state index contributed by atoms with van der Waals surface area (Å²) in [7, 11) is 0. The van der Waals surface area contributed by atoms with Crippen molar-refractivity contribution in [1.82, 2.24) is 0 Å². The van der Waals surface area contributed by atoms with Crippen LogP contribution in [0.25, 0.3) is 22.1 Å². The maximum absolute atomic E-state index is 5.59. The number of halogens is 1. The molecule has 3 rings (SSSR count). The average molecular weight is 287 g/mol. The molecule has 2 heteroatoms. The molecule has 84 valence electrons. The summed E-state index contributed by atoms with van der Waals surface area (Å²) >= 11 is 3.50. The van der Waals surface area contributed by atoms with Crippen LogP contribution >= 0.6 is 15.9 Å². The third kappa shape index (κ3) is 1.79. The van der Waals surface area contributed by atoms with Crippen molar-refractivity contribution in [2.45, 2.75) is 6.92 Å². The van der Waals surface area contributed by atoms with Gasteiger partial charge in [-0.3, -0.25) is 0 Å². The van der Waals surface area contributed by atoms with Gasteiger partial charge in [0.05, 0.1) is 6.26 Å². The van der Waals surface area contributed by atoms with Gasteiger partial charge < -0.3 is 4.42 Å². The molecule has 17 heavy (non-hydrogen) atoms. The summed E-state index contributed by atoms with van der Waals surface area (Å²) in [6.07, 6.45) is 1.83. The minimum absolute atomic E-state index is 0.923. The summed E-state index contributed by atoms with van der Waals surface area (Å²) in [5.41, 5.74) is 4.56. The first kappa shape index (κ1) is 10.6. The number of hydrogen-bond acceptors (Lipinski definition) is 1. The predicted octanol–water partition coefficient (Wildman–Crippen LogP) is 5.17. The van der Waals surface area contributed by atoms with E-state index in [-0.39, 0.29) is 0 Å². The summed E-state index contributed by atoms with van der Waals surface area (Å²) in [6.45, 7) is 2.12. The van der Waals surface area contributed by atoms with E-state index in [1.165, 1.54) is 11.1 Å². The van der Waals surface area contributed by atoms with Gasteiger partial charge in [-0.15, -0.1) is 0 Å². The van der Waals surface area contributed by atoms with Gasteiger partial charge in [-0.1, -0.05) is 40.2 Å². The fraction of sp³-hybridized carbons (Fsp3) is 0.0667. The highest BCUT2D eigenvalue weighted by atomic mass is 79.9. The number of fused-ring (bicyclic) bond motifs is 1. The van der Waals surface area contributed by atoms with Gasteiger partial charge >= 0.3 is 0 Å². The quantitative estimate of drug-likeness (QED) is 0.601. The summed E-state index contributed by atoms with van der Waals surface area (Å²) in [6, 6.07) is 14.4. The highest BCUT2D eigenvalue weighted by Gasteiger charge is 2.09. The molecule has 0 N–H and O–H groups in total. The molecule has 0 unspecified atom stereocenters. The van der Waals surface area contributed by atoms with Gasteiger partial charge in [0, 0.05) is 15.4 Å². The summed E-state index contributed by atoms with van der Waals surface area (Å²) in [4.78, 5) is 0. The second-order valence-corrected chi connectivity index (χ2v) is 5.02. The van der Waals surface area contributed by atoms with Gasteiger partial charge in [0.15, 0.2) is 0 Å². The van der Waals surface area contributed by atoms with E-state index < -0.39 is 0 Å². The third-order valence-electron chi connectivity index (χ3n) is 2.97. The Hall–Kier alpha value is -1.54. The first-order chi connectivity index (χ1) is 8.25. The van der Waals surface area contributed by atoms with Crippen LogP contribution in [0.1, 0.15) is 5.56 Å². The molecular formula is C15H11BrO. The van der Waals surface area contributed by atoms with Crippen LogP contribution in [0.15, 0.2) is 57.6 Å². The number of hydrogen-bond donors (Lipinski definition) is 0. The highest BCUT2D eigenvalue weighted by molar-refractivity contribution is 9.10. The predicted molar refractivity (Wildman–Crippen MR) is 74.1 cm³/mol. The van der Waals surface area contributed by atoms with Gasteiger partial charge in [-0.25, -0.2) is 0 Å². The molecule has 0 fully saturated rings. The Morgan fingerprint density at radius 1 is 1.00 bits per heavy atom. The smallest absolute Gasteiger partial charge is 0.134 e. The molecular weight excluding hydrogens is 276 g/mol. The van der Waals surface area contributed by atoms with E-state index in [4.69, 9.17) is 4.42 Å². The molecule has 1 aromatic heterocycles. The number of rotatable bonds is 1. The van der Waals surface area contributed by atoms with Crippen molar-refractivity contribution in [3.63, 3.8) is 0 Å². The molecule has 2 aromatic carbocycles. The average Bonchev–Trinajstić information content (AvgIpc) is 2.72. The lowest BCUT2D eigenvalue weighted by molar-refractivity contribution is 0.617. The van der Waals surface area contributed by atoms with Crippen molar-refractivity contribution < 1.29 is 4.42 Å². The van der Waals surface area contributed by atoms with Gasteiger partial charge in [-0.2, -0.15) is 0 Å². The van der Waals surface area contributed by atoms with Crippen molar-refractivity contribution in [2.75, 3.05) is 0 Å². The van der Waals surface area contributed by atoms with Gasteiger partial charge in [-0.05, 0) is 36.2 Å². The molecule has 0 saturated heterocycles. The summed E-state index contributed by atoms with van der Waals surface area (Å²) < 4.78 is 6.66. The third-order valence-corrected chi connectivity index (χ3v) is 3.46. The fourth-order valence-corrected chi connectivity index (χ4v) is 2.45. The lowest BCUT2D eigenvalue weighted by Crippen LogP contribution is -1.80. The van der Waals surface area contributed by atoms with Crippen molar-refractivity contribution in [2.24, 2.45) is 0 Å². The van der Waals surface area contributed by atoms with Crippen molar-refractivity contribution in [1.29, 1.82) is 0 Å². The molecule has 0 aliphatic rings. The van der Waals surface area contributed by atoms with Crippen LogP contribution in [0, 0.1) is 6.92 Å². The van der Waals surface area contributed by atoms with Crippen LogP contribution in [0.2, 0.25) is 0 Å². The maximum Gasteiger partial charge on any atom is 0.134 e. The Kier molecular flexibility index (Phi) is 2.52. The first-order valence-electron chi connectivity index (χ1n) is 5.48. The zero-order valence-electron chi connectivity index (χ0n) is 9.41. The SMILES string of the molecule is Cc1ccccc1-c1coc2ccc(Br)cc12. The number of furan rings is 1. The van der Waals surface area contributed by atoms with Crippen LogP contribution in [0.3, 0.4) is 0 Å². The van der Waals surface area contributed by atoms with E-state index in [0.717, 1.165) is 21.0 Å². The lowest BCUT2D eigenvalue weighted by atomic mass is 10.0. The normalized spacial score (nSPS) is 10.9. The maximum atomic E-state index is 5.59. The molecule has 3 aromatic rings. The van der Waals surface area contributed by atoms with Gasteiger partial charge in [0.25, 0.3) is 0 Å². The standard InChI is InChI=1S/C15H11BrO/c1-10-4-2-3-5-12(10)14-9-17-15-7-6-11(16)8-13(14)15/h2-9H,1H3. The Labute approximate surface area is 108 Å². The van der Waals surface area contributed by atoms with Crippen LogP contribution in [0.5, 0.6) is 0 Å². The molecule has 0 bridgehead atoms. The van der Waals surface area contributed by atoms with E-state index in [9.17, 15) is 0 Å². The van der Waals surface area contributed by atoms with E-state index in [1.54, 1.807) is 0 Å². The highest BCUT2D eigenvalue weighted by Crippen LogP contribution is 2.33. The van der Waals surface area contributed by atoms with E-state index >= 15 is 0 Å². The van der Waals surface area contributed by atoms with Crippen molar-refractivity contribution >= 4 is 26.9 Å². The van der Waals surface area contributed by atoms with E-state index in [1.807, 2.05) is 18.4 Å². The molecule has 0 aliphatic carbocycles. The second-order valence-electron chi connectivity index (χ2n) is 4.10. The largest absolute Gasteiger partial charge is 0.464 e. The van der Waals surface area contributed by atoms with Crippen molar-refractivity contribution in [3.05, 3.63) is 58.8 Å². The zero-order chi connectivity index (χ0) is 11.8. The molecule has 1 heterocycles. The monoisotopic (exact) mass is 286 g/mol. The summed E-state index contributed by atoms with van der Waals surface area (Å²) in [5.74, 6) is 0. The minimum Gasteiger partial charge on any atom is -0.464 e. The number of benzene rings is 2. The van der Waals surface area contributed by atoms with Gasteiger partial charge in [0.1, 0.15) is 5.58 Å². The van der Waals surface area contributed by atoms with E-state index in [0.29, 0.717) is 0 Å². The van der Waals surface area contributed by atoms with Crippen LogP contribution < -0.4 is 0 Å². The Morgan fingerprint density at radius 2 is 1.82 bits per heavy atom. The molecule has 0 amide bonds. The Bertz CT molecular complexity index is 682. The van der Waals surface area contributed by atoms with Crippen LogP contribution in [-0.2, 0) is 0 Å². The molecule has 0 spiro atoms. The minimum atomic E-state index is 0.923. The molecule has 0 radical (unpaired) electrons.